The van der Waals surface area contributed by atoms with Crippen LogP contribution < -0.4 is 21.6 Å². The van der Waals surface area contributed by atoms with Gasteiger partial charge >= 0.3 is 0 Å². The summed E-state index contributed by atoms with van der Waals surface area (Å²) in [6.45, 7) is 5.15. The number of nitrogens with two attached hydrogens (primary N) is 2. The van der Waals surface area contributed by atoms with Crippen LogP contribution in [0.1, 0.15) is 63.3 Å². The average molecular weight is 430 g/mol. The second-order valence-corrected chi connectivity index (χ2v) is 8.05. The van der Waals surface area contributed by atoms with E-state index in [4.69, 9.17) is 16.3 Å². The molecular weight excluding hydrogens is 394 g/mol. The molecule has 0 unspecified atom stereocenters. The third-order valence-corrected chi connectivity index (χ3v) is 5.47. The second-order valence-electron chi connectivity index (χ2n) is 8.05. The average Bonchev–Trinajstić information content (AvgIpc) is 3.22. The molecular formula is C21H35N9O. The van der Waals surface area contributed by atoms with E-state index in [9.17, 15) is 0 Å². The van der Waals surface area contributed by atoms with Crippen LogP contribution in [0.15, 0.2) is 17.8 Å². The first-order chi connectivity index (χ1) is 15.0. The Labute approximate surface area is 184 Å². The van der Waals surface area contributed by atoms with E-state index in [1.54, 1.807) is 11.8 Å². The fourth-order valence-electron chi connectivity index (χ4n) is 3.61. The number of nitrogens with one attached hydrogen (secondary N) is 1. The normalized spacial score (nSPS) is 15.5. The minimum Gasteiger partial charge on any atom is -0.489 e. The number of hydrazine groups is 1. The molecule has 2 aromatic heterocycles. The largest absolute Gasteiger partial charge is 0.489 e. The number of anilines is 1. The summed E-state index contributed by atoms with van der Waals surface area (Å²) in [6, 6.07) is 3.82. The van der Waals surface area contributed by atoms with Crippen molar-refractivity contribution in [2.45, 2.75) is 71.4 Å². The van der Waals surface area contributed by atoms with Gasteiger partial charge in [0.05, 0.1) is 42.0 Å². The topological polar surface area (TPSA) is 133 Å². The predicted molar refractivity (Wildman–Crippen MR) is 121 cm³/mol. The molecule has 10 nitrogen and oxygen atoms in total. The van der Waals surface area contributed by atoms with E-state index in [-0.39, 0.29) is 6.10 Å². The van der Waals surface area contributed by atoms with E-state index < -0.39 is 0 Å². The van der Waals surface area contributed by atoms with E-state index in [2.05, 4.69) is 32.6 Å². The maximum Gasteiger partial charge on any atom is 0.263 e. The van der Waals surface area contributed by atoms with Gasteiger partial charge < -0.3 is 20.8 Å². The number of hydrogen-bond donors (Lipinski definition) is 3. The van der Waals surface area contributed by atoms with Crippen LogP contribution in [0.3, 0.4) is 0 Å². The fourth-order valence-corrected chi connectivity index (χ4v) is 3.61. The number of likely N-dealkylation sites (N-methyl/N-ethyl adjacent to an activating group) is 1. The van der Waals surface area contributed by atoms with Crippen molar-refractivity contribution in [2.24, 2.45) is 11.6 Å². The second kappa shape index (κ2) is 10.9. The van der Waals surface area contributed by atoms with Crippen molar-refractivity contribution in [3.05, 3.63) is 29.2 Å². The molecule has 2 aromatic rings. The highest BCUT2D eigenvalue weighted by atomic mass is 16.5. The highest BCUT2D eigenvalue weighted by Gasteiger charge is 2.17. The molecule has 1 fully saturated rings. The Hall–Kier alpha value is -2.88. The summed E-state index contributed by atoms with van der Waals surface area (Å²) in [5.74, 6) is 7.29. The number of unbranched alkanes of at least 4 members (excludes halogenated alkanes) is 1. The van der Waals surface area contributed by atoms with Crippen molar-refractivity contribution in [2.75, 3.05) is 18.9 Å². The number of hydrogen-bond acceptors (Lipinski definition) is 9. The molecule has 0 radical (unpaired) electrons. The zero-order valence-corrected chi connectivity index (χ0v) is 18.8. The van der Waals surface area contributed by atoms with Crippen LogP contribution in [0.5, 0.6) is 5.75 Å². The van der Waals surface area contributed by atoms with Crippen LogP contribution in [0, 0.1) is 6.92 Å². The summed E-state index contributed by atoms with van der Waals surface area (Å²) in [5, 5.41) is 17.0. The first-order valence-electron chi connectivity index (χ1n) is 11.1. The van der Waals surface area contributed by atoms with Crippen molar-refractivity contribution in [1.82, 2.24) is 30.2 Å². The number of pyridine rings is 1. The summed E-state index contributed by atoms with van der Waals surface area (Å²) in [5.41, 5.74) is 9.07. The van der Waals surface area contributed by atoms with Crippen molar-refractivity contribution < 1.29 is 4.74 Å². The van der Waals surface area contributed by atoms with Gasteiger partial charge in [0.2, 0.25) is 0 Å². The first kappa shape index (κ1) is 22.8. The molecule has 0 saturated heterocycles. The molecule has 0 amide bonds. The van der Waals surface area contributed by atoms with E-state index in [1.807, 2.05) is 19.1 Å². The monoisotopic (exact) mass is 429 g/mol. The van der Waals surface area contributed by atoms with E-state index in [0.29, 0.717) is 29.6 Å². The molecule has 0 spiro atoms. The third kappa shape index (κ3) is 6.30. The number of nitrogens with zero attached hydrogens (tertiary/aromatic N) is 6. The minimum atomic E-state index is 0.279. The third-order valence-electron chi connectivity index (χ3n) is 5.47. The van der Waals surface area contributed by atoms with Gasteiger partial charge in [0, 0.05) is 7.05 Å². The van der Waals surface area contributed by atoms with Gasteiger partial charge in [-0.25, -0.2) is 10.8 Å². The summed E-state index contributed by atoms with van der Waals surface area (Å²) in [7, 11) is 1.74. The molecule has 170 valence electrons. The van der Waals surface area contributed by atoms with Crippen molar-refractivity contribution in [3.8, 4) is 5.75 Å². The van der Waals surface area contributed by atoms with E-state index in [0.717, 1.165) is 43.7 Å². The highest BCUT2D eigenvalue weighted by Crippen LogP contribution is 2.26. The molecule has 0 aromatic carbocycles. The Balaban J connectivity index is 1.69. The SMILES string of the molecule is CCCCn1nnc(NC/C(=C(/N)c2ccc(OC3CCCCC3)c(C)n2)N(C)N)n1. The van der Waals surface area contributed by atoms with Crippen molar-refractivity contribution in [1.29, 1.82) is 0 Å². The molecule has 0 aliphatic heterocycles. The van der Waals surface area contributed by atoms with Gasteiger partial charge in [-0.15, -0.1) is 5.10 Å². The Morgan fingerprint density at radius 3 is 2.74 bits per heavy atom. The van der Waals surface area contributed by atoms with Crippen LogP contribution in [0.2, 0.25) is 0 Å². The molecule has 5 N–H and O–H groups in total. The molecule has 0 bridgehead atoms. The van der Waals surface area contributed by atoms with Gasteiger partial charge in [0.1, 0.15) is 5.75 Å². The van der Waals surface area contributed by atoms with Crippen molar-refractivity contribution >= 4 is 11.6 Å². The molecule has 1 aliphatic rings. The molecule has 31 heavy (non-hydrogen) atoms. The van der Waals surface area contributed by atoms with Crippen LogP contribution in [-0.4, -0.2) is 49.9 Å². The van der Waals surface area contributed by atoms with Gasteiger partial charge in [-0.2, -0.15) is 4.80 Å². The summed E-state index contributed by atoms with van der Waals surface area (Å²) in [4.78, 5) is 6.25. The van der Waals surface area contributed by atoms with Gasteiger partial charge in [-0.1, -0.05) is 24.9 Å². The van der Waals surface area contributed by atoms with Crippen LogP contribution in [0.25, 0.3) is 5.70 Å². The lowest BCUT2D eigenvalue weighted by atomic mass is 9.98. The smallest absolute Gasteiger partial charge is 0.263 e. The fraction of sp³-hybridized carbons (Fsp3) is 0.619. The highest BCUT2D eigenvalue weighted by molar-refractivity contribution is 5.64. The quantitative estimate of drug-likeness (QED) is 0.384. The maximum atomic E-state index is 6.43. The van der Waals surface area contributed by atoms with Crippen LogP contribution >= 0.6 is 0 Å². The number of aryl methyl sites for hydroxylation is 2. The van der Waals surface area contributed by atoms with Crippen molar-refractivity contribution in [3.63, 3.8) is 0 Å². The van der Waals surface area contributed by atoms with E-state index >= 15 is 0 Å². The molecule has 1 aliphatic carbocycles. The van der Waals surface area contributed by atoms with Crippen LogP contribution in [0.4, 0.5) is 5.95 Å². The number of ether oxygens (including phenoxy) is 1. The lowest BCUT2D eigenvalue weighted by Crippen LogP contribution is -2.32. The Bertz CT molecular complexity index is 871. The van der Waals surface area contributed by atoms with E-state index in [1.165, 1.54) is 24.3 Å². The van der Waals surface area contributed by atoms with Gasteiger partial charge in [-0.05, 0) is 56.4 Å². The molecule has 2 heterocycles. The van der Waals surface area contributed by atoms with Gasteiger partial charge in [0.25, 0.3) is 5.95 Å². The predicted octanol–water partition coefficient (Wildman–Crippen LogP) is 2.43. The maximum absolute atomic E-state index is 6.43. The number of tetrazole rings is 1. The first-order valence-corrected chi connectivity index (χ1v) is 11.1. The molecule has 1 saturated carbocycles. The Morgan fingerprint density at radius 2 is 2.06 bits per heavy atom. The minimum absolute atomic E-state index is 0.279. The Kier molecular flexibility index (Phi) is 8.05. The van der Waals surface area contributed by atoms with Crippen LogP contribution in [-0.2, 0) is 6.54 Å². The van der Waals surface area contributed by atoms with Gasteiger partial charge in [0.15, 0.2) is 0 Å². The standard InChI is InChI=1S/C21H35N9O/c1-4-5-13-30-27-21(26-28-30)24-14-18(29(3)23)20(22)17-11-12-19(15(2)25-17)31-16-9-7-6-8-10-16/h11-12,16H,4-10,13-14,22-23H2,1-3H3,(H,24,27)/b20-18-. The Morgan fingerprint density at radius 1 is 1.29 bits per heavy atom. The lowest BCUT2D eigenvalue weighted by Gasteiger charge is -2.24. The zero-order valence-electron chi connectivity index (χ0n) is 18.8. The summed E-state index contributed by atoms with van der Waals surface area (Å²) < 4.78 is 6.17. The number of aromatic nitrogens is 5. The molecule has 10 heteroatoms. The number of rotatable bonds is 10. The molecule has 0 atom stereocenters. The zero-order chi connectivity index (χ0) is 22.2. The summed E-state index contributed by atoms with van der Waals surface area (Å²) in [6.07, 6.45) is 8.32. The lowest BCUT2D eigenvalue weighted by molar-refractivity contribution is 0.153. The summed E-state index contributed by atoms with van der Waals surface area (Å²) >= 11 is 0. The molecule has 3 rings (SSSR count). The van der Waals surface area contributed by atoms with Gasteiger partial charge in [-0.3, -0.25) is 0 Å².